The largest absolute Gasteiger partial charge is 0.331 e. The first-order valence-corrected chi connectivity index (χ1v) is 8.25. The summed E-state index contributed by atoms with van der Waals surface area (Å²) in [5.41, 5.74) is -0.184. The minimum Gasteiger partial charge on any atom is -0.331 e. The molecule has 0 saturated carbocycles. The number of piperazine rings is 1. The molecule has 8 nitrogen and oxygen atoms in total. The second-order valence-electron chi connectivity index (χ2n) is 5.46. The van der Waals surface area contributed by atoms with Gasteiger partial charge in [-0.05, 0) is 27.6 Å². The van der Waals surface area contributed by atoms with Crippen LogP contribution in [0.5, 0.6) is 0 Å². The van der Waals surface area contributed by atoms with Gasteiger partial charge in [0, 0.05) is 38.2 Å². The van der Waals surface area contributed by atoms with E-state index >= 15 is 0 Å². The van der Waals surface area contributed by atoms with Gasteiger partial charge in [-0.3, -0.25) is 24.1 Å². The van der Waals surface area contributed by atoms with E-state index in [2.05, 4.69) is 31.2 Å². The van der Waals surface area contributed by atoms with Crippen LogP contribution in [0.4, 0.5) is 0 Å². The van der Waals surface area contributed by atoms with E-state index in [0.717, 1.165) is 5.56 Å². The molecule has 3 heterocycles. The molecule has 1 unspecified atom stereocenters. The summed E-state index contributed by atoms with van der Waals surface area (Å²) >= 11 is 3.07. The van der Waals surface area contributed by atoms with Gasteiger partial charge in [0.05, 0.1) is 10.5 Å². The minimum atomic E-state index is -0.607. The summed E-state index contributed by atoms with van der Waals surface area (Å²) in [6.07, 6.45) is 4.75. The van der Waals surface area contributed by atoms with Crippen molar-refractivity contribution in [1.29, 1.82) is 0 Å². The Morgan fingerprint density at radius 3 is 2.92 bits per heavy atom. The molecule has 25 heavy (non-hydrogen) atoms. The number of amides is 1. The lowest BCUT2D eigenvalue weighted by Gasteiger charge is -2.36. The second-order valence-corrected chi connectivity index (χ2v) is 6.31. The molecule has 1 fully saturated rings. The summed E-state index contributed by atoms with van der Waals surface area (Å²) in [6, 6.07) is 3.62. The zero-order valence-electron chi connectivity index (χ0n) is 13.1. The van der Waals surface area contributed by atoms with Gasteiger partial charge in [0.1, 0.15) is 6.54 Å². The molecule has 10 heteroatoms. The highest BCUT2D eigenvalue weighted by atomic mass is 79.9. The average Bonchev–Trinajstić information content (AvgIpc) is 2.60. The first-order valence-electron chi connectivity index (χ1n) is 7.45. The van der Waals surface area contributed by atoms with Crippen molar-refractivity contribution in [2.24, 2.45) is 0 Å². The fourth-order valence-corrected chi connectivity index (χ4v) is 3.06. The molecule has 2 aromatic rings. The molecule has 2 aromatic heterocycles. The van der Waals surface area contributed by atoms with Gasteiger partial charge < -0.3 is 10.2 Å². The summed E-state index contributed by atoms with van der Waals surface area (Å²) in [5.74, 6) is -0.189. The summed E-state index contributed by atoms with van der Waals surface area (Å²) in [5, 5.41) is 3.26. The van der Waals surface area contributed by atoms with Crippen LogP contribution in [0.2, 0.25) is 0 Å². The molecule has 2 N–H and O–H groups in total. The average molecular weight is 431 g/mol. The number of aromatic nitrogens is 3. The van der Waals surface area contributed by atoms with Crippen LogP contribution >= 0.6 is 28.3 Å². The Morgan fingerprint density at radius 2 is 2.20 bits per heavy atom. The van der Waals surface area contributed by atoms with Gasteiger partial charge in [0.2, 0.25) is 5.91 Å². The first kappa shape index (κ1) is 19.4. The number of nitrogens with zero attached hydrogens (tertiary/aromatic N) is 3. The fraction of sp³-hybridized carbons (Fsp3) is 0.333. The molecule has 0 aromatic carbocycles. The highest BCUT2D eigenvalue weighted by Crippen LogP contribution is 2.21. The van der Waals surface area contributed by atoms with Crippen molar-refractivity contribution >= 4 is 34.2 Å². The lowest BCUT2D eigenvalue weighted by Crippen LogP contribution is -2.50. The maximum atomic E-state index is 12.7. The number of hydrogen-bond donors (Lipinski definition) is 2. The Morgan fingerprint density at radius 1 is 1.40 bits per heavy atom. The first-order chi connectivity index (χ1) is 11.6. The van der Waals surface area contributed by atoms with E-state index in [1.165, 1.54) is 10.8 Å². The van der Waals surface area contributed by atoms with Gasteiger partial charge in [-0.25, -0.2) is 4.79 Å². The Bertz CT molecular complexity index is 854. The molecular formula is C15H17BrClN5O3. The standard InChI is InChI=1S/C15H16BrN5O3.ClH/c16-11-8-20(15(24)19-14(11)23)9-13(22)21-5-4-18-7-12(21)10-2-1-3-17-6-10;/h1-3,6,8,12,18H,4-5,7,9H2,(H,19,23,24);1H. The number of pyridine rings is 1. The SMILES string of the molecule is Cl.O=C(Cn1cc(Br)c(=O)[nH]c1=O)N1CCNCC1c1cccnc1. The van der Waals surface area contributed by atoms with Crippen molar-refractivity contribution in [1.82, 2.24) is 24.8 Å². The molecule has 0 bridgehead atoms. The maximum absolute atomic E-state index is 12.7. The Balaban J connectivity index is 0.00000225. The van der Waals surface area contributed by atoms with Crippen molar-refractivity contribution in [2.75, 3.05) is 19.6 Å². The van der Waals surface area contributed by atoms with Gasteiger partial charge >= 0.3 is 5.69 Å². The van der Waals surface area contributed by atoms with E-state index in [1.54, 1.807) is 17.3 Å². The van der Waals surface area contributed by atoms with Gasteiger partial charge in [-0.15, -0.1) is 12.4 Å². The molecule has 0 radical (unpaired) electrons. The summed E-state index contributed by atoms with van der Waals surface area (Å²) in [7, 11) is 0. The van der Waals surface area contributed by atoms with Crippen LogP contribution in [0.1, 0.15) is 11.6 Å². The highest BCUT2D eigenvalue weighted by molar-refractivity contribution is 9.10. The molecule has 1 saturated heterocycles. The number of H-pyrrole nitrogens is 1. The maximum Gasteiger partial charge on any atom is 0.328 e. The van der Waals surface area contributed by atoms with E-state index in [4.69, 9.17) is 0 Å². The summed E-state index contributed by atoms with van der Waals surface area (Å²) in [4.78, 5) is 44.0. The molecule has 134 valence electrons. The van der Waals surface area contributed by atoms with Crippen molar-refractivity contribution in [2.45, 2.75) is 12.6 Å². The third-order valence-corrected chi connectivity index (χ3v) is 4.47. The molecule has 1 atom stereocenters. The molecule has 1 aliphatic heterocycles. The van der Waals surface area contributed by atoms with E-state index < -0.39 is 11.2 Å². The predicted molar refractivity (Wildman–Crippen MR) is 97.8 cm³/mol. The lowest BCUT2D eigenvalue weighted by molar-refractivity contribution is -0.135. The van der Waals surface area contributed by atoms with E-state index in [0.29, 0.717) is 19.6 Å². The third-order valence-electron chi connectivity index (χ3n) is 3.91. The topological polar surface area (TPSA) is 100 Å². The number of halogens is 2. The van der Waals surface area contributed by atoms with Crippen LogP contribution in [0.25, 0.3) is 0 Å². The zero-order chi connectivity index (χ0) is 17.1. The number of nitrogens with one attached hydrogen (secondary N) is 2. The Kier molecular flexibility index (Phi) is 6.51. The van der Waals surface area contributed by atoms with Crippen molar-refractivity contribution in [3.05, 3.63) is 61.6 Å². The molecular weight excluding hydrogens is 414 g/mol. The van der Waals surface area contributed by atoms with Crippen LogP contribution in [0, 0.1) is 0 Å². The molecule has 3 rings (SSSR count). The summed E-state index contributed by atoms with van der Waals surface area (Å²) < 4.78 is 1.40. The van der Waals surface area contributed by atoms with Crippen LogP contribution in [-0.2, 0) is 11.3 Å². The number of rotatable bonds is 3. The third kappa shape index (κ3) is 4.36. The van der Waals surface area contributed by atoms with Gasteiger partial charge in [-0.2, -0.15) is 0 Å². The number of aromatic amines is 1. The molecule has 1 amide bonds. The van der Waals surface area contributed by atoms with Crippen LogP contribution in [0.15, 0.2) is 44.8 Å². The second kappa shape index (κ2) is 8.41. The van der Waals surface area contributed by atoms with Crippen LogP contribution in [0.3, 0.4) is 0 Å². The van der Waals surface area contributed by atoms with E-state index in [-0.39, 0.29) is 35.4 Å². The number of hydrogen-bond acceptors (Lipinski definition) is 5. The molecule has 0 aliphatic carbocycles. The normalized spacial score (nSPS) is 17.0. The molecule has 1 aliphatic rings. The van der Waals surface area contributed by atoms with Gasteiger partial charge in [0.25, 0.3) is 5.56 Å². The van der Waals surface area contributed by atoms with E-state index in [1.807, 2.05) is 12.1 Å². The molecule has 0 spiro atoms. The monoisotopic (exact) mass is 429 g/mol. The van der Waals surface area contributed by atoms with Crippen LogP contribution < -0.4 is 16.6 Å². The van der Waals surface area contributed by atoms with Crippen molar-refractivity contribution in [3.63, 3.8) is 0 Å². The van der Waals surface area contributed by atoms with Gasteiger partial charge in [0.15, 0.2) is 0 Å². The van der Waals surface area contributed by atoms with Crippen molar-refractivity contribution in [3.8, 4) is 0 Å². The van der Waals surface area contributed by atoms with Crippen LogP contribution in [-0.4, -0.2) is 45.0 Å². The minimum absolute atomic E-state index is 0. The smallest absolute Gasteiger partial charge is 0.328 e. The van der Waals surface area contributed by atoms with Crippen molar-refractivity contribution < 1.29 is 4.79 Å². The van der Waals surface area contributed by atoms with Gasteiger partial charge in [-0.1, -0.05) is 6.07 Å². The quantitative estimate of drug-likeness (QED) is 0.729. The fourth-order valence-electron chi connectivity index (χ4n) is 2.71. The highest BCUT2D eigenvalue weighted by Gasteiger charge is 2.28. The summed E-state index contributed by atoms with van der Waals surface area (Å²) in [6.45, 7) is 1.72. The number of carbonyl (C=O) groups excluding carboxylic acids is 1. The Hall–Kier alpha value is -1.97. The van der Waals surface area contributed by atoms with E-state index in [9.17, 15) is 14.4 Å². The lowest BCUT2D eigenvalue weighted by atomic mass is 10.1. The Labute approximate surface area is 157 Å². The zero-order valence-corrected chi connectivity index (χ0v) is 15.5. The number of carbonyl (C=O) groups is 1. The predicted octanol–water partition coefficient (Wildman–Crippen LogP) is 0.289.